The number of aryl methyl sites for hydroxylation is 1. The number of rotatable bonds is 5. The van der Waals surface area contributed by atoms with Gasteiger partial charge in [0.2, 0.25) is 0 Å². The van der Waals surface area contributed by atoms with Crippen LogP contribution in [-0.2, 0) is 4.74 Å². The Balaban J connectivity index is 2.34. The molecule has 0 fully saturated rings. The average molecular weight is 397 g/mol. The summed E-state index contributed by atoms with van der Waals surface area (Å²) in [4.78, 5) is 35.9. The Kier molecular flexibility index (Phi) is 5.99. The Hall–Kier alpha value is -2.45. The third-order valence-electron chi connectivity index (χ3n) is 3.57. The van der Waals surface area contributed by atoms with Gasteiger partial charge < -0.3 is 10.1 Å². The van der Waals surface area contributed by atoms with E-state index in [1.165, 1.54) is 23.5 Å². The number of amides is 1. The zero-order chi connectivity index (χ0) is 19.6. The van der Waals surface area contributed by atoms with Gasteiger partial charge in [0, 0.05) is 17.0 Å². The normalized spacial score (nSPS) is 10.7. The molecule has 2 rings (SSSR count). The number of hydrogen-bond donors (Lipinski definition) is 1. The number of anilines is 1. The second-order valence-corrected chi connectivity index (χ2v) is 7.45. The lowest BCUT2D eigenvalue weighted by atomic mass is 10.1. The Morgan fingerprint density at radius 1 is 1.31 bits per heavy atom. The number of nitro groups is 1. The molecule has 1 aromatic carbocycles. The van der Waals surface area contributed by atoms with E-state index in [1.807, 2.05) is 6.92 Å². The molecule has 0 saturated heterocycles. The summed E-state index contributed by atoms with van der Waals surface area (Å²) >= 11 is 7.24. The number of nitrogens with one attached hydrogen (secondary N) is 1. The number of carbonyl (C=O) groups is 2. The lowest BCUT2D eigenvalue weighted by molar-refractivity contribution is -0.384. The first-order valence-corrected chi connectivity index (χ1v) is 8.87. The van der Waals surface area contributed by atoms with E-state index in [1.54, 1.807) is 20.8 Å². The average Bonchev–Trinajstić information content (AvgIpc) is 2.80. The maximum Gasteiger partial charge on any atom is 0.341 e. The van der Waals surface area contributed by atoms with E-state index in [0.29, 0.717) is 10.6 Å². The Bertz CT molecular complexity index is 892. The quantitative estimate of drug-likeness (QED) is 0.447. The zero-order valence-corrected chi connectivity index (χ0v) is 16.2. The van der Waals surface area contributed by atoms with Crippen molar-refractivity contribution in [2.24, 2.45) is 0 Å². The summed E-state index contributed by atoms with van der Waals surface area (Å²) in [5.41, 5.74) is 0.887. The maximum atomic E-state index is 12.5. The van der Waals surface area contributed by atoms with Crippen molar-refractivity contribution in [2.75, 3.05) is 5.32 Å². The largest absolute Gasteiger partial charge is 0.459 e. The number of nitrogens with zero attached hydrogens (tertiary/aromatic N) is 1. The van der Waals surface area contributed by atoms with Crippen LogP contribution in [0.25, 0.3) is 0 Å². The minimum absolute atomic E-state index is 0.0481. The van der Waals surface area contributed by atoms with E-state index in [4.69, 9.17) is 16.3 Å². The van der Waals surface area contributed by atoms with Gasteiger partial charge in [-0.25, -0.2) is 4.79 Å². The van der Waals surface area contributed by atoms with Crippen molar-refractivity contribution in [3.05, 3.63) is 54.9 Å². The van der Waals surface area contributed by atoms with Gasteiger partial charge in [0.1, 0.15) is 5.00 Å². The molecule has 0 radical (unpaired) electrons. The second-order valence-electron chi connectivity index (χ2n) is 5.82. The molecule has 0 saturated carbocycles. The molecule has 0 bridgehead atoms. The van der Waals surface area contributed by atoms with Crippen molar-refractivity contribution < 1.29 is 19.2 Å². The van der Waals surface area contributed by atoms with E-state index in [2.05, 4.69) is 5.32 Å². The third-order valence-corrected chi connectivity index (χ3v) is 5.00. The van der Waals surface area contributed by atoms with Crippen LogP contribution in [0.4, 0.5) is 10.7 Å². The molecular formula is C17H17ClN2O5S. The van der Waals surface area contributed by atoms with Crippen LogP contribution >= 0.6 is 22.9 Å². The highest BCUT2D eigenvalue weighted by Gasteiger charge is 2.24. The molecule has 26 heavy (non-hydrogen) atoms. The smallest absolute Gasteiger partial charge is 0.341 e. The van der Waals surface area contributed by atoms with Crippen molar-refractivity contribution in [2.45, 2.75) is 33.8 Å². The van der Waals surface area contributed by atoms with Crippen molar-refractivity contribution in [3.63, 3.8) is 0 Å². The van der Waals surface area contributed by atoms with Crippen LogP contribution in [0.2, 0.25) is 5.02 Å². The molecule has 0 aliphatic carbocycles. The number of non-ortho nitro benzene ring substituents is 1. The van der Waals surface area contributed by atoms with Crippen LogP contribution in [-0.4, -0.2) is 22.9 Å². The summed E-state index contributed by atoms with van der Waals surface area (Å²) < 4.78 is 5.24. The summed E-state index contributed by atoms with van der Waals surface area (Å²) in [6.07, 6.45) is -0.297. The van der Waals surface area contributed by atoms with Gasteiger partial charge in [-0.1, -0.05) is 11.6 Å². The first-order valence-electron chi connectivity index (χ1n) is 7.68. The Morgan fingerprint density at radius 2 is 1.96 bits per heavy atom. The molecule has 0 atom stereocenters. The monoisotopic (exact) mass is 396 g/mol. The molecule has 7 nitrogen and oxygen atoms in total. The van der Waals surface area contributed by atoms with Crippen molar-refractivity contribution >= 4 is 45.5 Å². The first-order chi connectivity index (χ1) is 12.1. The fourth-order valence-corrected chi connectivity index (χ4v) is 3.51. The molecule has 1 aromatic heterocycles. The van der Waals surface area contributed by atoms with Crippen LogP contribution in [0.3, 0.4) is 0 Å². The van der Waals surface area contributed by atoms with E-state index < -0.39 is 16.8 Å². The minimum Gasteiger partial charge on any atom is -0.459 e. The van der Waals surface area contributed by atoms with Crippen molar-refractivity contribution in [3.8, 4) is 0 Å². The van der Waals surface area contributed by atoms with Gasteiger partial charge in [-0.3, -0.25) is 14.9 Å². The molecular weight excluding hydrogens is 380 g/mol. The molecule has 138 valence electrons. The topological polar surface area (TPSA) is 98.5 Å². The Morgan fingerprint density at radius 3 is 2.50 bits per heavy atom. The summed E-state index contributed by atoms with van der Waals surface area (Å²) in [6.45, 7) is 7.08. The van der Waals surface area contributed by atoms with Gasteiger partial charge in [0.15, 0.2) is 0 Å². The fourth-order valence-electron chi connectivity index (χ4n) is 2.21. The lowest BCUT2D eigenvalue weighted by Gasteiger charge is -2.11. The number of esters is 1. The van der Waals surface area contributed by atoms with Crippen molar-refractivity contribution in [1.29, 1.82) is 0 Å². The molecule has 0 aliphatic rings. The first kappa shape index (κ1) is 19.9. The van der Waals surface area contributed by atoms with Gasteiger partial charge >= 0.3 is 5.97 Å². The standard InChI is InChI=1S/C17H17ClN2O5S/c1-8(2)25-17(22)14-9(3)10(4)26-16(14)19-15(21)12-6-5-11(20(23)24)7-13(12)18/h5-8H,1-4H3,(H,19,21). The summed E-state index contributed by atoms with van der Waals surface area (Å²) in [6, 6.07) is 3.57. The van der Waals surface area contributed by atoms with Gasteiger partial charge in [0.05, 0.1) is 27.2 Å². The van der Waals surface area contributed by atoms with E-state index in [9.17, 15) is 19.7 Å². The van der Waals surface area contributed by atoms with Gasteiger partial charge in [-0.2, -0.15) is 0 Å². The lowest BCUT2D eigenvalue weighted by Crippen LogP contribution is -2.17. The maximum absolute atomic E-state index is 12.5. The van der Waals surface area contributed by atoms with E-state index in [0.717, 1.165) is 16.5 Å². The van der Waals surface area contributed by atoms with Gasteiger partial charge in [-0.05, 0) is 39.3 Å². The molecule has 0 spiro atoms. The number of ether oxygens (including phenoxy) is 1. The molecule has 1 N–H and O–H groups in total. The van der Waals surface area contributed by atoms with Crippen molar-refractivity contribution in [1.82, 2.24) is 0 Å². The molecule has 1 amide bonds. The number of thiophene rings is 1. The van der Waals surface area contributed by atoms with Crippen LogP contribution < -0.4 is 5.32 Å². The SMILES string of the molecule is Cc1sc(NC(=O)c2ccc([N+](=O)[O-])cc2Cl)c(C(=O)OC(C)C)c1C. The highest BCUT2D eigenvalue weighted by Crippen LogP contribution is 2.34. The summed E-state index contributed by atoms with van der Waals surface area (Å²) in [5.74, 6) is -1.09. The van der Waals surface area contributed by atoms with E-state index in [-0.39, 0.29) is 22.4 Å². The van der Waals surface area contributed by atoms with Crippen LogP contribution in [0.15, 0.2) is 18.2 Å². The number of carbonyl (C=O) groups excluding carboxylic acids is 2. The van der Waals surface area contributed by atoms with Crippen LogP contribution in [0.5, 0.6) is 0 Å². The molecule has 0 aliphatic heterocycles. The zero-order valence-electron chi connectivity index (χ0n) is 14.6. The summed E-state index contributed by atoms with van der Waals surface area (Å²) in [7, 11) is 0. The van der Waals surface area contributed by atoms with Crippen LogP contribution in [0.1, 0.15) is 45.0 Å². The number of halogens is 1. The molecule has 0 unspecified atom stereocenters. The number of hydrogen-bond acceptors (Lipinski definition) is 6. The van der Waals surface area contributed by atoms with Gasteiger partial charge in [0.25, 0.3) is 11.6 Å². The van der Waals surface area contributed by atoms with E-state index >= 15 is 0 Å². The highest BCUT2D eigenvalue weighted by atomic mass is 35.5. The molecule has 9 heteroatoms. The predicted molar refractivity (Wildman–Crippen MR) is 100 cm³/mol. The summed E-state index contributed by atoms with van der Waals surface area (Å²) in [5, 5.41) is 13.7. The number of benzene rings is 1. The second kappa shape index (κ2) is 7.84. The van der Waals surface area contributed by atoms with Crippen LogP contribution in [0, 0.1) is 24.0 Å². The number of nitro benzene ring substituents is 1. The highest BCUT2D eigenvalue weighted by molar-refractivity contribution is 7.16. The predicted octanol–water partition coefficient (Wildman–Crippen LogP) is 4.74. The molecule has 1 heterocycles. The minimum atomic E-state index is -0.598. The fraction of sp³-hybridized carbons (Fsp3) is 0.294. The molecule has 2 aromatic rings. The third kappa shape index (κ3) is 4.20. The van der Waals surface area contributed by atoms with Gasteiger partial charge in [-0.15, -0.1) is 11.3 Å². The Labute approximate surface area is 159 Å².